The SMILES string of the molecule is [C-]#[N+]C(C#N)[C@@H](C)c1cc(C)ccc1C. The maximum atomic E-state index is 8.85. The van der Waals surface area contributed by atoms with Gasteiger partial charge in [0, 0.05) is 0 Å². The zero-order valence-electron chi connectivity index (χ0n) is 9.28. The van der Waals surface area contributed by atoms with Crippen LogP contribution in [0.5, 0.6) is 0 Å². The third-order valence-corrected chi connectivity index (χ3v) is 2.67. The Morgan fingerprint density at radius 3 is 2.60 bits per heavy atom. The molecule has 1 unspecified atom stereocenters. The van der Waals surface area contributed by atoms with Crippen molar-refractivity contribution in [1.29, 1.82) is 5.26 Å². The molecule has 0 aromatic heterocycles. The van der Waals surface area contributed by atoms with Gasteiger partial charge >= 0.3 is 6.04 Å². The Hall–Kier alpha value is -1.80. The summed E-state index contributed by atoms with van der Waals surface area (Å²) in [4.78, 5) is 3.34. The number of benzene rings is 1. The van der Waals surface area contributed by atoms with Crippen LogP contribution >= 0.6 is 0 Å². The monoisotopic (exact) mass is 198 g/mol. The van der Waals surface area contributed by atoms with Gasteiger partial charge in [-0.2, -0.15) is 5.26 Å². The van der Waals surface area contributed by atoms with Gasteiger partial charge in [-0.3, -0.25) is 4.85 Å². The van der Waals surface area contributed by atoms with Crippen LogP contribution in [-0.4, -0.2) is 6.04 Å². The Bertz CT molecular complexity index is 421. The second kappa shape index (κ2) is 4.62. The van der Waals surface area contributed by atoms with Crippen molar-refractivity contribution < 1.29 is 0 Å². The molecule has 1 rings (SSSR count). The van der Waals surface area contributed by atoms with E-state index in [1.807, 2.05) is 39.0 Å². The van der Waals surface area contributed by atoms with E-state index in [0.29, 0.717) is 0 Å². The molecule has 2 nitrogen and oxygen atoms in total. The highest BCUT2D eigenvalue weighted by Crippen LogP contribution is 2.25. The van der Waals surface area contributed by atoms with Gasteiger partial charge in [0.15, 0.2) is 6.07 Å². The predicted molar refractivity (Wildman–Crippen MR) is 60.3 cm³/mol. The van der Waals surface area contributed by atoms with Crippen LogP contribution in [0.25, 0.3) is 4.85 Å². The second-order valence-corrected chi connectivity index (χ2v) is 3.85. The molecule has 0 radical (unpaired) electrons. The largest absolute Gasteiger partial charge is 0.313 e. The topological polar surface area (TPSA) is 28.1 Å². The van der Waals surface area contributed by atoms with E-state index in [1.54, 1.807) is 0 Å². The summed E-state index contributed by atoms with van der Waals surface area (Å²) in [6.45, 7) is 12.9. The molecule has 0 N–H and O–H groups in total. The smallest absolute Gasteiger partial charge is 0.297 e. The van der Waals surface area contributed by atoms with Crippen LogP contribution in [0.3, 0.4) is 0 Å². The highest BCUT2D eigenvalue weighted by molar-refractivity contribution is 5.35. The van der Waals surface area contributed by atoms with Crippen LogP contribution in [0.15, 0.2) is 18.2 Å². The van der Waals surface area contributed by atoms with E-state index in [4.69, 9.17) is 11.8 Å². The Labute approximate surface area is 91.0 Å². The summed E-state index contributed by atoms with van der Waals surface area (Å²) in [5.74, 6) is -0.0209. The van der Waals surface area contributed by atoms with E-state index >= 15 is 0 Å². The van der Waals surface area contributed by atoms with Gasteiger partial charge in [0.25, 0.3) is 0 Å². The lowest BCUT2D eigenvalue weighted by molar-refractivity contribution is 0.737. The van der Waals surface area contributed by atoms with Gasteiger partial charge in [0.2, 0.25) is 0 Å². The standard InChI is InChI=1S/C13H14N2/c1-9-5-6-10(2)12(7-9)11(3)13(8-14)15-4/h5-7,11,13H,1-3H3/t11-,13?/m0/s1. The molecule has 0 spiro atoms. The zero-order chi connectivity index (χ0) is 11.4. The summed E-state index contributed by atoms with van der Waals surface area (Å²) >= 11 is 0. The summed E-state index contributed by atoms with van der Waals surface area (Å²) in [5.41, 5.74) is 3.43. The molecule has 0 fully saturated rings. The van der Waals surface area contributed by atoms with Crippen LogP contribution < -0.4 is 0 Å². The third kappa shape index (κ3) is 2.36. The Morgan fingerprint density at radius 2 is 2.07 bits per heavy atom. The first-order chi connectivity index (χ1) is 7.10. The van der Waals surface area contributed by atoms with Gasteiger partial charge in [0.05, 0.1) is 5.92 Å². The quantitative estimate of drug-likeness (QED) is 0.670. The van der Waals surface area contributed by atoms with Crippen molar-refractivity contribution in [3.63, 3.8) is 0 Å². The highest BCUT2D eigenvalue weighted by Gasteiger charge is 2.24. The minimum atomic E-state index is -0.578. The van der Waals surface area contributed by atoms with Crippen LogP contribution in [0, 0.1) is 31.8 Å². The molecule has 0 saturated carbocycles. The van der Waals surface area contributed by atoms with Crippen molar-refractivity contribution in [3.8, 4) is 6.07 Å². The van der Waals surface area contributed by atoms with Crippen LogP contribution in [0.1, 0.15) is 29.5 Å². The van der Waals surface area contributed by atoms with Gasteiger partial charge in [-0.1, -0.05) is 23.8 Å². The van der Waals surface area contributed by atoms with Crippen molar-refractivity contribution in [2.24, 2.45) is 0 Å². The number of nitrogens with zero attached hydrogens (tertiary/aromatic N) is 2. The summed E-state index contributed by atoms with van der Waals surface area (Å²) in [6, 6.07) is 7.62. The summed E-state index contributed by atoms with van der Waals surface area (Å²) < 4.78 is 0. The van der Waals surface area contributed by atoms with Crippen molar-refractivity contribution in [3.05, 3.63) is 46.3 Å². The molecule has 0 aliphatic carbocycles. The Balaban J connectivity index is 3.12. The number of rotatable bonds is 2. The Kier molecular flexibility index (Phi) is 3.47. The number of hydrogen-bond donors (Lipinski definition) is 0. The predicted octanol–water partition coefficient (Wildman–Crippen LogP) is 3.22. The van der Waals surface area contributed by atoms with Crippen molar-refractivity contribution >= 4 is 0 Å². The molecule has 15 heavy (non-hydrogen) atoms. The molecule has 1 aromatic rings. The van der Waals surface area contributed by atoms with E-state index in [1.165, 1.54) is 5.56 Å². The van der Waals surface area contributed by atoms with E-state index < -0.39 is 6.04 Å². The maximum Gasteiger partial charge on any atom is 0.313 e. The molecular weight excluding hydrogens is 184 g/mol. The first-order valence-electron chi connectivity index (χ1n) is 4.93. The Morgan fingerprint density at radius 1 is 1.40 bits per heavy atom. The van der Waals surface area contributed by atoms with Crippen molar-refractivity contribution in [2.45, 2.75) is 32.7 Å². The van der Waals surface area contributed by atoms with Gasteiger partial charge in [-0.05, 0) is 31.9 Å². The molecule has 0 heterocycles. The van der Waals surface area contributed by atoms with Gasteiger partial charge in [0.1, 0.15) is 0 Å². The molecule has 0 amide bonds. The lowest BCUT2D eigenvalue weighted by atomic mass is 9.90. The number of aryl methyl sites for hydroxylation is 2. The number of nitriles is 1. The van der Waals surface area contributed by atoms with Gasteiger partial charge in [-0.25, -0.2) is 6.57 Å². The molecule has 2 atom stereocenters. The number of hydrogen-bond acceptors (Lipinski definition) is 1. The van der Waals surface area contributed by atoms with E-state index in [0.717, 1.165) is 11.1 Å². The molecule has 76 valence electrons. The minimum absolute atomic E-state index is 0.0209. The van der Waals surface area contributed by atoms with Crippen LogP contribution in [0.4, 0.5) is 0 Å². The molecule has 0 saturated heterocycles. The molecule has 0 bridgehead atoms. The fraction of sp³-hybridized carbons (Fsp3) is 0.385. The van der Waals surface area contributed by atoms with E-state index in [2.05, 4.69) is 10.9 Å². The zero-order valence-corrected chi connectivity index (χ0v) is 9.28. The van der Waals surface area contributed by atoms with Crippen LogP contribution in [0.2, 0.25) is 0 Å². The first kappa shape index (κ1) is 11.3. The van der Waals surface area contributed by atoms with Gasteiger partial charge < -0.3 is 0 Å². The van der Waals surface area contributed by atoms with E-state index in [9.17, 15) is 0 Å². The highest BCUT2D eigenvalue weighted by atomic mass is 14.7. The third-order valence-electron chi connectivity index (χ3n) is 2.67. The maximum absolute atomic E-state index is 8.85. The summed E-state index contributed by atoms with van der Waals surface area (Å²) in [7, 11) is 0. The fourth-order valence-corrected chi connectivity index (χ4v) is 1.67. The van der Waals surface area contributed by atoms with E-state index in [-0.39, 0.29) is 5.92 Å². The molecule has 2 heteroatoms. The first-order valence-corrected chi connectivity index (χ1v) is 4.93. The van der Waals surface area contributed by atoms with Crippen molar-refractivity contribution in [1.82, 2.24) is 0 Å². The normalized spacial score (nSPS) is 13.7. The lowest BCUT2D eigenvalue weighted by Gasteiger charge is -2.13. The van der Waals surface area contributed by atoms with Crippen LogP contribution in [-0.2, 0) is 0 Å². The molecule has 0 aliphatic heterocycles. The minimum Gasteiger partial charge on any atom is -0.297 e. The van der Waals surface area contributed by atoms with Gasteiger partial charge in [-0.15, -0.1) is 0 Å². The lowest BCUT2D eigenvalue weighted by Crippen LogP contribution is -2.11. The molecular formula is C13H14N2. The summed E-state index contributed by atoms with van der Waals surface area (Å²) in [6.07, 6.45) is 0. The van der Waals surface area contributed by atoms with Crippen molar-refractivity contribution in [2.75, 3.05) is 0 Å². The summed E-state index contributed by atoms with van der Waals surface area (Å²) in [5, 5.41) is 8.85. The molecule has 0 aliphatic rings. The second-order valence-electron chi connectivity index (χ2n) is 3.85. The average molecular weight is 198 g/mol. The average Bonchev–Trinajstić information content (AvgIpc) is 2.23. The fourth-order valence-electron chi connectivity index (χ4n) is 1.67. The molecule has 1 aromatic carbocycles.